The summed E-state index contributed by atoms with van der Waals surface area (Å²) in [6, 6.07) is 72.0. The summed E-state index contributed by atoms with van der Waals surface area (Å²) in [4.78, 5) is 5.02. The lowest BCUT2D eigenvalue weighted by Gasteiger charge is -2.43. The molecule has 0 bridgehead atoms. The minimum absolute atomic E-state index is 0.114. The third kappa shape index (κ3) is 5.04. The van der Waals surface area contributed by atoms with Crippen LogP contribution in [-0.4, -0.2) is 0 Å². The van der Waals surface area contributed by atoms with Gasteiger partial charge in [0.2, 0.25) is 0 Å². The van der Waals surface area contributed by atoms with E-state index in [4.69, 9.17) is 0 Å². The number of hydrogen-bond acceptors (Lipinski definition) is 2. The third-order valence-electron chi connectivity index (χ3n) is 13.0. The highest BCUT2D eigenvalue weighted by atomic mass is 15.2. The van der Waals surface area contributed by atoms with Gasteiger partial charge in [-0.25, -0.2) is 0 Å². The lowest BCUT2D eigenvalue weighted by Crippen LogP contribution is -2.31. The molecule has 9 aromatic rings. The molecule has 11 rings (SSSR count). The summed E-state index contributed by atoms with van der Waals surface area (Å²) in [7, 11) is 0. The van der Waals surface area contributed by atoms with Gasteiger partial charge in [0.05, 0.1) is 17.1 Å². The second-order valence-electron chi connectivity index (χ2n) is 17.0. The lowest BCUT2D eigenvalue weighted by atomic mass is 9.73. The monoisotopic (exact) mass is 744 g/mol. The fraction of sp³-hybridized carbons (Fsp3) is 0.107. The maximum Gasteiger partial charge on any atom is 0.0618 e. The summed E-state index contributed by atoms with van der Waals surface area (Å²) in [5.74, 6) is 0. The molecule has 0 atom stereocenters. The van der Waals surface area contributed by atoms with E-state index in [1.807, 2.05) is 0 Å². The molecular weight excluding hydrogens is 701 g/mol. The molecule has 0 radical (unpaired) electrons. The summed E-state index contributed by atoms with van der Waals surface area (Å²) in [6.07, 6.45) is 0. The predicted octanol–water partition coefficient (Wildman–Crippen LogP) is 15.5. The van der Waals surface area contributed by atoms with E-state index in [9.17, 15) is 0 Å². The Morgan fingerprint density at radius 1 is 0.345 bits per heavy atom. The van der Waals surface area contributed by atoms with Crippen molar-refractivity contribution in [3.8, 4) is 22.3 Å². The number of para-hydroxylation sites is 2. The van der Waals surface area contributed by atoms with Crippen molar-refractivity contribution in [2.45, 2.75) is 38.5 Å². The maximum absolute atomic E-state index is 2.57. The van der Waals surface area contributed by atoms with Gasteiger partial charge in [0.25, 0.3) is 0 Å². The second kappa shape index (κ2) is 12.8. The first-order chi connectivity index (χ1) is 28.3. The van der Waals surface area contributed by atoms with Crippen LogP contribution >= 0.6 is 0 Å². The zero-order valence-corrected chi connectivity index (χ0v) is 33.4. The Bertz CT molecular complexity index is 3080. The van der Waals surface area contributed by atoms with Crippen LogP contribution in [0, 0.1) is 0 Å². The second-order valence-corrected chi connectivity index (χ2v) is 17.0. The van der Waals surface area contributed by atoms with Crippen LogP contribution < -0.4 is 9.80 Å². The smallest absolute Gasteiger partial charge is 0.0618 e. The zero-order chi connectivity index (χ0) is 39.2. The van der Waals surface area contributed by atoms with Gasteiger partial charge in [-0.15, -0.1) is 0 Å². The van der Waals surface area contributed by atoms with Gasteiger partial charge in [-0.05, 0) is 97.6 Å². The van der Waals surface area contributed by atoms with E-state index < -0.39 is 0 Å². The van der Waals surface area contributed by atoms with Crippen molar-refractivity contribution in [3.63, 3.8) is 0 Å². The molecule has 1 aliphatic carbocycles. The summed E-state index contributed by atoms with van der Waals surface area (Å²) >= 11 is 0. The highest BCUT2D eigenvalue weighted by Crippen LogP contribution is 2.57. The lowest BCUT2D eigenvalue weighted by molar-refractivity contribution is 0.632. The van der Waals surface area contributed by atoms with Crippen LogP contribution in [0.2, 0.25) is 0 Å². The molecule has 9 aromatic carbocycles. The summed E-state index contributed by atoms with van der Waals surface area (Å²) in [5.41, 5.74) is 17.1. The molecule has 1 heterocycles. The molecule has 0 aromatic heterocycles. The van der Waals surface area contributed by atoms with Gasteiger partial charge in [0.15, 0.2) is 0 Å². The topological polar surface area (TPSA) is 6.48 Å². The maximum atomic E-state index is 2.57. The number of anilines is 6. The molecule has 0 fully saturated rings. The van der Waals surface area contributed by atoms with E-state index in [0.717, 1.165) is 17.1 Å². The molecule has 0 N–H and O–H groups in total. The van der Waals surface area contributed by atoms with Crippen LogP contribution in [0.5, 0.6) is 0 Å². The molecule has 0 unspecified atom stereocenters. The molecule has 2 heteroatoms. The van der Waals surface area contributed by atoms with Gasteiger partial charge >= 0.3 is 0 Å². The Hall–Kier alpha value is -6.90. The van der Waals surface area contributed by atoms with E-state index in [1.165, 1.54) is 83.1 Å². The van der Waals surface area contributed by atoms with Gasteiger partial charge in [0, 0.05) is 38.8 Å². The van der Waals surface area contributed by atoms with E-state index in [0.29, 0.717) is 0 Å². The van der Waals surface area contributed by atoms with E-state index in [-0.39, 0.29) is 10.8 Å². The number of fused-ring (bicyclic) bond motifs is 7. The van der Waals surface area contributed by atoms with Crippen molar-refractivity contribution >= 4 is 55.7 Å². The number of hydrogen-bond donors (Lipinski definition) is 0. The Balaban J connectivity index is 1.18. The summed E-state index contributed by atoms with van der Waals surface area (Å²) in [6.45, 7) is 9.49. The van der Waals surface area contributed by atoms with E-state index in [1.54, 1.807) is 0 Å². The molecule has 278 valence electrons. The average molecular weight is 745 g/mol. The van der Waals surface area contributed by atoms with Crippen LogP contribution in [0.1, 0.15) is 49.9 Å². The van der Waals surface area contributed by atoms with Crippen molar-refractivity contribution in [2.24, 2.45) is 0 Å². The quantitative estimate of drug-likeness (QED) is 0.173. The van der Waals surface area contributed by atoms with E-state index in [2.05, 4.69) is 232 Å². The molecule has 58 heavy (non-hydrogen) atoms. The van der Waals surface area contributed by atoms with Crippen molar-refractivity contribution in [2.75, 3.05) is 9.80 Å². The molecule has 0 saturated carbocycles. The van der Waals surface area contributed by atoms with Crippen molar-refractivity contribution in [1.29, 1.82) is 0 Å². The minimum atomic E-state index is -0.244. The first-order valence-corrected chi connectivity index (χ1v) is 20.4. The normalized spacial score (nSPS) is 14.4. The Morgan fingerprint density at radius 3 is 1.72 bits per heavy atom. The van der Waals surface area contributed by atoms with Gasteiger partial charge in [-0.1, -0.05) is 179 Å². The Labute approximate surface area is 341 Å². The van der Waals surface area contributed by atoms with Crippen LogP contribution in [0.25, 0.3) is 43.8 Å². The van der Waals surface area contributed by atoms with Gasteiger partial charge < -0.3 is 9.80 Å². The minimum Gasteiger partial charge on any atom is -0.310 e. The fourth-order valence-electron chi connectivity index (χ4n) is 10.1. The zero-order valence-electron chi connectivity index (χ0n) is 33.4. The van der Waals surface area contributed by atoms with Crippen LogP contribution in [0.3, 0.4) is 0 Å². The molecule has 1 aliphatic heterocycles. The van der Waals surface area contributed by atoms with Crippen LogP contribution in [-0.2, 0) is 10.8 Å². The number of nitrogens with zero attached hydrogens (tertiary/aromatic N) is 2. The molecule has 2 nitrogen and oxygen atoms in total. The van der Waals surface area contributed by atoms with Crippen molar-refractivity contribution in [1.82, 2.24) is 0 Å². The first kappa shape index (κ1) is 34.4. The fourth-order valence-corrected chi connectivity index (χ4v) is 10.1. The number of rotatable bonds is 5. The largest absolute Gasteiger partial charge is 0.310 e. The van der Waals surface area contributed by atoms with Crippen molar-refractivity contribution in [3.05, 3.63) is 216 Å². The summed E-state index contributed by atoms with van der Waals surface area (Å²) in [5, 5.41) is 4.92. The molecule has 0 spiro atoms. The Morgan fingerprint density at radius 2 is 0.897 bits per heavy atom. The van der Waals surface area contributed by atoms with E-state index >= 15 is 0 Å². The standard InChI is InChI=1S/C56H44N2/c1-55(2)48-26-13-12-24-45(48)46-33-30-40(35-51(46)55)57(39-20-6-5-7-21-39)41-31-34-50-53(36-41)58(52-28-15-14-27-49(52)56(50,3)4)54-43-23-11-9-18-38(43)29-32-47(54)44-25-16-19-37-17-8-10-22-42(37)44/h5-36H,1-4H3. The van der Waals surface area contributed by atoms with Gasteiger partial charge in [-0.3, -0.25) is 0 Å². The average Bonchev–Trinajstić information content (AvgIpc) is 3.49. The summed E-state index contributed by atoms with van der Waals surface area (Å²) < 4.78 is 0. The molecule has 0 saturated heterocycles. The SMILES string of the molecule is CC1(C)c2ccccc2-c2ccc(N(c3ccccc3)c3ccc4c(c3)N(c3c(-c5cccc6ccccc56)ccc5ccccc35)c3ccccc3C4(C)C)cc21. The van der Waals surface area contributed by atoms with Gasteiger partial charge in [0.1, 0.15) is 0 Å². The van der Waals surface area contributed by atoms with Crippen LogP contribution in [0.15, 0.2) is 194 Å². The van der Waals surface area contributed by atoms with Gasteiger partial charge in [-0.2, -0.15) is 0 Å². The van der Waals surface area contributed by atoms with Crippen LogP contribution in [0.4, 0.5) is 34.1 Å². The molecule has 2 aliphatic rings. The third-order valence-corrected chi connectivity index (χ3v) is 13.0. The highest BCUT2D eigenvalue weighted by molar-refractivity contribution is 6.11. The predicted molar refractivity (Wildman–Crippen MR) is 246 cm³/mol. The van der Waals surface area contributed by atoms with Crippen molar-refractivity contribution < 1.29 is 0 Å². The Kier molecular flexibility index (Phi) is 7.59. The first-order valence-electron chi connectivity index (χ1n) is 20.4. The molecular formula is C56H44N2. The number of benzene rings is 9. The molecule has 0 amide bonds. The highest BCUT2D eigenvalue weighted by Gasteiger charge is 2.39.